The van der Waals surface area contributed by atoms with E-state index in [2.05, 4.69) is 18.7 Å². The summed E-state index contributed by atoms with van der Waals surface area (Å²) in [6, 6.07) is 4.69. The lowest BCUT2D eigenvalue weighted by molar-refractivity contribution is -0.0305. The van der Waals surface area contributed by atoms with Crippen LogP contribution in [0, 0.1) is 11.7 Å². The highest BCUT2D eigenvalue weighted by Crippen LogP contribution is 2.35. The standard InChI is InChI=1S/C16H24FNO2/c1-12(2)11-18-8-6-16(19,7-9-18)14-5-4-13(20-3)10-15(14)17/h4-5,10,12,19H,6-9,11H2,1-3H3. The van der Waals surface area contributed by atoms with Crippen LogP contribution in [-0.4, -0.2) is 36.8 Å². The number of benzene rings is 1. The van der Waals surface area contributed by atoms with Crippen LogP contribution < -0.4 is 4.74 Å². The van der Waals surface area contributed by atoms with E-state index in [1.807, 2.05) is 0 Å². The lowest BCUT2D eigenvalue weighted by Crippen LogP contribution is -2.44. The zero-order valence-electron chi connectivity index (χ0n) is 12.5. The van der Waals surface area contributed by atoms with Crippen LogP contribution in [0.5, 0.6) is 5.75 Å². The second-order valence-electron chi connectivity index (χ2n) is 6.07. The Kier molecular flexibility index (Phi) is 4.66. The van der Waals surface area contributed by atoms with Crippen LogP contribution >= 0.6 is 0 Å². The number of aliphatic hydroxyl groups is 1. The molecule has 0 radical (unpaired) electrons. The van der Waals surface area contributed by atoms with Gasteiger partial charge in [-0.15, -0.1) is 0 Å². The number of rotatable bonds is 4. The monoisotopic (exact) mass is 281 g/mol. The van der Waals surface area contributed by atoms with Crippen LogP contribution in [0.3, 0.4) is 0 Å². The molecule has 1 N–H and O–H groups in total. The van der Waals surface area contributed by atoms with E-state index in [1.165, 1.54) is 13.2 Å². The molecule has 0 aliphatic carbocycles. The summed E-state index contributed by atoms with van der Waals surface area (Å²) in [4.78, 5) is 2.33. The number of ether oxygens (including phenoxy) is 1. The lowest BCUT2D eigenvalue weighted by atomic mass is 9.84. The molecular formula is C16H24FNO2. The molecule has 2 rings (SSSR count). The molecule has 1 aromatic rings. The van der Waals surface area contributed by atoms with Crippen LogP contribution in [0.1, 0.15) is 32.3 Å². The normalized spacial score (nSPS) is 19.3. The van der Waals surface area contributed by atoms with Gasteiger partial charge in [0.15, 0.2) is 0 Å². The topological polar surface area (TPSA) is 32.7 Å². The van der Waals surface area contributed by atoms with Crippen LogP contribution in [0.25, 0.3) is 0 Å². The number of hydrogen-bond acceptors (Lipinski definition) is 3. The van der Waals surface area contributed by atoms with Crippen molar-refractivity contribution in [3.63, 3.8) is 0 Å². The zero-order chi connectivity index (χ0) is 14.8. The molecule has 1 heterocycles. The fourth-order valence-electron chi connectivity index (χ4n) is 2.89. The van der Waals surface area contributed by atoms with Crippen LogP contribution in [0.15, 0.2) is 18.2 Å². The number of hydrogen-bond donors (Lipinski definition) is 1. The molecule has 4 heteroatoms. The van der Waals surface area contributed by atoms with Crippen molar-refractivity contribution in [3.05, 3.63) is 29.6 Å². The fourth-order valence-corrected chi connectivity index (χ4v) is 2.89. The lowest BCUT2D eigenvalue weighted by Gasteiger charge is -2.39. The van der Waals surface area contributed by atoms with Crippen molar-refractivity contribution < 1.29 is 14.2 Å². The minimum absolute atomic E-state index is 0.385. The summed E-state index contributed by atoms with van der Waals surface area (Å²) in [6.07, 6.45) is 1.14. The van der Waals surface area contributed by atoms with Gasteiger partial charge in [0, 0.05) is 31.3 Å². The third kappa shape index (κ3) is 3.30. The van der Waals surface area contributed by atoms with Crippen LogP contribution in [0.2, 0.25) is 0 Å². The first-order valence-corrected chi connectivity index (χ1v) is 7.23. The number of likely N-dealkylation sites (tertiary alicyclic amines) is 1. The predicted molar refractivity (Wildman–Crippen MR) is 77.4 cm³/mol. The summed E-state index contributed by atoms with van der Waals surface area (Å²) in [6.45, 7) is 7.01. The average molecular weight is 281 g/mol. The minimum Gasteiger partial charge on any atom is -0.497 e. The van der Waals surface area contributed by atoms with E-state index in [0.717, 1.165) is 19.6 Å². The Hall–Kier alpha value is -1.13. The molecule has 0 atom stereocenters. The van der Waals surface area contributed by atoms with Crippen molar-refractivity contribution in [1.82, 2.24) is 4.90 Å². The van der Waals surface area contributed by atoms with Gasteiger partial charge in [-0.2, -0.15) is 0 Å². The Balaban J connectivity index is 2.09. The largest absolute Gasteiger partial charge is 0.497 e. The molecule has 0 saturated carbocycles. The van der Waals surface area contributed by atoms with E-state index in [9.17, 15) is 9.50 Å². The molecule has 1 aromatic carbocycles. The predicted octanol–water partition coefficient (Wildman–Crippen LogP) is 2.77. The van der Waals surface area contributed by atoms with Crippen molar-refractivity contribution >= 4 is 0 Å². The number of piperidine rings is 1. The van der Waals surface area contributed by atoms with Crippen molar-refractivity contribution in [2.75, 3.05) is 26.7 Å². The molecule has 1 saturated heterocycles. The fraction of sp³-hybridized carbons (Fsp3) is 0.625. The molecule has 1 aliphatic rings. The smallest absolute Gasteiger partial charge is 0.132 e. The Bertz CT molecular complexity index is 454. The maximum absolute atomic E-state index is 14.1. The van der Waals surface area contributed by atoms with Gasteiger partial charge in [-0.05, 0) is 30.9 Å². The van der Waals surface area contributed by atoms with Gasteiger partial charge in [-0.3, -0.25) is 0 Å². The van der Waals surface area contributed by atoms with E-state index < -0.39 is 5.60 Å². The quantitative estimate of drug-likeness (QED) is 0.921. The molecule has 0 unspecified atom stereocenters. The summed E-state index contributed by atoms with van der Waals surface area (Å²) in [7, 11) is 1.51. The van der Waals surface area contributed by atoms with E-state index in [4.69, 9.17) is 4.74 Å². The maximum Gasteiger partial charge on any atom is 0.132 e. The van der Waals surface area contributed by atoms with Gasteiger partial charge in [0.2, 0.25) is 0 Å². The van der Waals surface area contributed by atoms with Gasteiger partial charge >= 0.3 is 0 Å². The Morgan fingerprint density at radius 1 is 1.35 bits per heavy atom. The van der Waals surface area contributed by atoms with Gasteiger partial charge in [-0.25, -0.2) is 4.39 Å². The third-order valence-corrected chi connectivity index (χ3v) is 3.98. The van der Waals surface area contributed by atoms with Gasteiger partial charge in [0.1, 0.15) is 11.6 Å². The number of halogens is 1. The highest BCUT2D eigenvalue weighted by atomic mass is 19.1. The van der Waals surface area contributed by atoms with Gasteiger partial charge < -0.3 is 14.7 Å². The van der Waals surface area contributed by atoms with Gasteiger partial charge in [0.05, 0.1) is 12.7 Å². The zero-order valence-corrected chi connectivity index (χ0v) is 12.5. The summed E-state index contributed by atoms with van der Waals surface area (Å²) < 4.78 is 19.1. The summed E-state index contributed by atoms with van der Waals surface area (Å²) >= 11 is 0. The molecule has 0 spiro atoms. The number of methoxy groups -OCH3 is 1. The van der Waals surface area contributed by atoms with E-state index in [1.54, 1.807) is 12.1 Å². The Labute approximate surface area is 120 Å². The van der Waals surface area contributed by atoms with Crippen LogP contribution in [0.4, 0.5) is 4.39 Å². The van der Waals surface area contributed by atoms with Gasteiger partial charge in [0.25, 0.3) is 0 Å². The average Bonchev–Trinajstić information content (AvgIpc) is 2.40. The molecule has 3 nitrogen and oxygen atoms in total. The molecule has 1 aliphatic heterocycles. The molecule has 0 aromatic heterocycles. The second kappa shape index (κ2) is 6.10. The molecule has 0 amide bonds. The summed E-state index contributed by atoms with van der Waals surface area (Å²) in [5, 5.41) is 10.7. The first-order valence-electron chi connectivity index (χ1n) is 7.23. The molecule has 1 fully saturated rings. The SMILES string of the molecule is COc1ccc(C2(O)CCN(CC(C)C)CC2)c(F)c1. The second-order valence-corrected chi connectivity index (χ2v) is 6.07. The Morgan fingerprint density at radius 3 is 2.50 bits per heavy atom. The van der Waals surface area contributed by atoms with E-state index in [-0.39, 0.29) is 5.82 Å². The summed E-state index contributed by atoms with van der Waals surface area (Å²) in [5.41, 5.74) is -0.661. The van der Waals surface area contributed by atoms with Crippen molar-refractivity contribution in [2.24, 2.45) is 5.92 Å². The highest BCUT2D eigenvalue weighted by Gasteiger charge is 2.36. The van der Waals surface area contributed by atoms with E-state index >= 15 is 0 Å². The summed E-state index contributed by atoms with van der Waals surface area (Å²) in [5.74, 6) is 0.704. The van der Waals surface area contributed by atoms with Crippen molar-refractivity contribution in [1.29, 1.82) is 0 Å². The molecule has 112 valence electrons. The van der Waals surface area contributed by atoms with Crippen molar-refractivity contribution in [2.45, 2.75) is 32.3 Å². The third-order valence-electron chi connectivity index (χ3n) is 3.98. The molecule has 0 bridgehead atoms. The maximum atomic E-state index is 14.1. The molecule has 20 heavy (non-hydrogen) atoms. The van der Waals surface area contributed by atoms with Crippen LogP contribution in [-0.2, 0) is 5.60 Å². The first kappa shape index (κ1) is 15.3. The number of nitrogens with zero attached hydrogens (tertiary/aromatic N) is 1. The minimum atomic E-state index is -1.05. The first-order chi connectivity index (χ1) is 9.44. The van der Waals surface area contributed by atoms with Gasteiger partial charge in [-0.1, -0.05) is 13.8 Å². The highest BCUT2D eigenvalue weighted by molar-refractivity contribution is 5.32. The van der Waals surface area contributed by atoms with E-state index in [0.29, 0.717) is 30.1 Å². The molecular weight excluding hydrogens is 257 g/mol. The Morgan fingerprint density at radius 2 is 2.00 bits per heavy atom. The van der Waals surface area contributed by atoms with Crippen molar-refractivity contribution in [3.8, 4) is 5.75 Å².